The highest BCUT2D eigenvalue weighted by Gasteiger charge is 2.35. The Balaban J connectivity index is 1.58. The first-order valence-electron chi connectivity index (χ1n) is 13.8. The number of rotatable bonds is 8. The lowest BCUT2D eigenvalue weighted by molar-refractivity contribution is -0.142. The second-order valence-electron chi connectivity index (χ2n) is 11.9. The third kappa shape index (κ3) is 7.90. The standard InChI is InChI=1S/C31H41ClN4O3/c1-22-6-7-25(18-23(22)2)27-19-28(24-8-10-26(32)11-9-24)36(33-27)30(38)21-35(29(37)20-31(3,4)5)13-12-34-14-16-39-17-15-34/h6-11,18,28H,12-17,19-21H2,1-5H3/t28-/m1/s1. The van der Waals surface area contributed by atoms with Crippen molar-refractivity contribution in [2.45, 2.75) is 53.5 Å². The minimum absolute atomic E-state index is 0.00690. The molecule has 2 heterocycles. The van der Waals surface area contributed by atoms with Gasteiger partial charge in [-0.1, -0.05) is 56.6 Å². The van der Waals surface area contributed by atoms with E-state index in [2.05, 4.69) is 36.9 Å². The molecule has 2 amide bonds. The number of halogens is 1. The van der Waals surface area contributed by atoms with E-state index in [0.717, 1.165) is 29.9 Å². The van der Waals surface area contributed by atoms with Crippen LogP contribution in [0.2, 0.25) is 5.02 Å². The van der Waals surface area contributed by atoms with E-state index in [4.69, 9.17) is 21.4 Å². The van der Waals surface area contributed by atoms with Crippen LogP contribution < -0.4 is 0 Å². The molecule has 0 radical (unpaired) electrons. The van der Waals surface area contributed by atoms with Crippen molar-refractivity contribution in [1.82, 2.24) is 14.8 Å². The summed E-state index contributed by atoms with van der Waals surface area (Å²) in [6.07, 6.45) is 0.973. The number of aryl methyl sites for hydroxylation is 2. The summed E-state index contributed by atoms with van der Waals surface area (Å²) in [5.74, 6) is -0.192. The summed E-state index contributed by atoms with van der Waals surface area (Å²) in [7, 11) is 0. The maximum atomic E-state index is 13.9. The molecule has 1 fully saturated rings. The SMILES string of the molecule is Cc1ccc(C2=NN(C(=O)CN(CCN3CCOCC3)C(=O)CC(C)(C)C)[C@@H](c3ccc(Cl)cc3)C2)cc1C. The van der Waals surface area contributed by atoms with Gasteiger partial charge in [0.1, 0.15) is 6.54 Å². The van der Waals surface area contributed by atoms with E-state index in [-0.39, 0.29) is 29.8 Å². The van der Waals surface area contributed by atoms with Crippen LogP contribution in [0.25, 0.3) is 0 Å². The molecular weight excluding hydrogens is 512 g/mol. The van der Waals surface area contributed by atoms with E-state index in [1.807, 2.05) is 45.0 Å². The van der Waals surface area contributed by atoms with Crippen molar-refractivity contribution in [3.8, 4) is 0 Å². The van der Waals surface area contributed by atoms with Crippen molar-refractivity contribution in [2.75, 3.05) is 45.9 Å². The second kappa shape index (κ2) is 12.6. The van der Waals surface area contributed by atoms with Crippen LogP contribution in [0.4, 0.5) is 0 Å². The summed E-state index contributed by atoms with van der Waals surface area (Å²) in [6.45, 7) is 14.6. The average Bonchev–Trinajstić information content (AvgIpc) is 3.34. The van der Waals surface area contributed by atoms with Gasteiger partial charge in [-0.2, -0.15) is 5.10 Å². The molecule has 2 aliphatic heterocycles. The number of carbonyl (C=O) groups excluding carboxylic acids is 2. The van der Waals surface area contributed by atoms with Gasteiger partial charge in [0.15, 0.2) is 0 Å². The van der Waals surface area contributed by atoms with Gasteiger partial charge in [0.25, 0.3) is 5.91 Å². The summed E-state index contributed by atoms with van der Waals surface area (Å²) >= 11 is 6.16. The van der Waals surface area contributed by atoms with Crippen molar-refractivity contribution in [3.63, 3.8) is 0 Å². The summed E-state index contributed by atoms with van der Waals surface area (Å²) in [6, 6.07) is 13.6. The van der Waals surface area contributed by atoms with Crippen molar-refractivity contribution in [1.29, 1.82) is 0 Å². The Hall–Kier alpha value is -2.74. The zero-order chi connectivity index (χ0) is 28.2. The molecule has 0 bridgehead atoms. The molecule has 0 aliphatic carbocycles. The molecule has 39 heavy (non-hydrogen) atoms. The van der Waals surface area contributed by atoms with E-state index < -0.39 is 0 Å². The minimum Gasteiger partial charge on any atom is -0.379 e. The van der Waals surface area contributed by atoms with Crippen LogP contribution in [-0.4, -0.2) is 78.3 Å². The van der Waals surface area contributed by atoms with Crippen LogP contribution in [0.15, 0.2) is 47.6 Å². The molecule has 1 saturated heterocycles. The summed E-state index contributed by atoms with van der Waals surface area (Å²) < 4.78 is 5.47. The van der Waals surface area contributed by atoms with Gasteiger partial charge in [0.05, 0.1) is 25.0 Å². The molecule has 7 nitrogen and oxygen atoms in total. The van der Waals surface area contributed by atoms with Crippen LogP contribution in [-0.2, 0) is 14.3 Å². The monoisotopic (exact) mass is 552 g/mol. The van der Waals surface area contributed by atoms with Crippen molar-refractivity contribution in [3.05, 3.63) is 69.7 Å². The molecule has 0 spiro atoms. The number of carbonyl (C=O) groups is 2. The number of hydrogen-bond acceptors (Lipinski definition) is 5. The first kappa shape index (κ1) is 29.2. The molecule has 210 valence electrons. The number of morpholine rings is 1. The third-order valence-corrected chi connectivity index (χ3v) is 7.66. The molecular formula is C31H41ClN4O3. The molecule has 0 saturated carbocycles. The molecule has 0 aromatic heterocycles. The van der Waals surface area contributed by atoms with Crippen LogP contribution in [0.1, 0.15) is 61.9 Å². The van der Waals surface area contributed by atoms with E-state index in [1.54, 1.807) is 9.91 Å². The van der Waals surface area contributed by atoms with Gasteiger partial charge in [0, 0.05) is 44.0 Å². The lowest BCUT2D eigenvalue weighted by Gasteiger charge is -2.32. The first-order valence-corrected chi connectivity index (χ1v) is 14.2. The number of nitrogens with zero attached hydrogens (tertiary/aromatic N) is 4. The zero-order valence-corrected chi connectivity index (χ0v) is 24.6. The van der Waals surface area contributed by atoms with Crippen molar-refractivity contribution >= 4 is 29.1 Å². The fraction of sp³-hybridized carbons (Fsp3) is 0.516. The molecule has 8 heteroatoms. The fourth-order valence-electron chi connectivity index (χ4n) is 4.96. The maximum absolute atomic E-state index is 13.9. The molecule has 1 atom stereocenters. The molecule has 0 N–H and O–H groups in total. The van der Waals surface area contributed by atoms with Gasteiger partial charge < -0.3 is 9.64 Å². The van der Waals surface area contributed by atoms with Crippen LogP contribution >= 0.6 is 11.6 Å². The minimum atomic E-state index is -0.259. The lowest BCUT2D eigenvalue weighted by Crippen LogP contribution is -2.47. The van der Waals surface area contributed by atoms with Gasteiger partial charge >= 0.3 is 0 Å². The third-order valence-electron chi connectivity index (χ3n) is 7.41. The Kier molecular flexibility index (Phi) is 9.47. The van der Waals surface area contributed by atoms with Crippen LogP contribution in [0.3, 0.4) is 0 Å². The average molecular weight is 553 g/mol. The van der Waals surface area contributed by atoms with E-state index in [0.29, 0.717) is 44.2 Å². The second-order valence-corrected chi connectivity index (χ2v) is 12.3. The van der Waals surface area contributed by atoms with Crippen molar-refractivity contribution in [2.24, 2.45) is 10.5 Å². The predicted molar refractivity (Wildman–Crippen MR) is 156 cm³/mol. The molecule has 2 aliphatic rings. The quantitative estimate of drug-likeness (QED) is 0.450. The topological polar surface area (TPSA) is 65.5 Å². The number of ether oxygens (including phenoxy) is 1. The Morgan fingerprint density at radius 2 is 1.74 bits per heavy atom. The van der Waals surface area contributed by atoms with Gasteiger partial charge in [-0.3, -0.25) is 14.5 Å². The van der Waals surface area contributed by atoms with Gasteiger partial charge in [-0.15, -0.1) is 0 Å². The number of hydrazone groups is 1. The number of hydrogen-bond donors (Lipinski definition) is 0. The zero-order valence-electron chi connectivity index (χ0n) is 23.9. The van der Waals surface area contributed by atoms with Crippen LogP contribution in [0, 0.1) is 19.3 Å². The smallest absolute Gasteiger partial charge is 0.262 e. The highest BCUT2D eigenvalue weighted by atomic mass is 35.5. The number of amides is 2. The summed E-state index contributed by atoms with van der Waals surface area (Å²) in [5.41, 5.74) is 5.08. The predicted octanol–water partition coefficient (Wildman–Crippen LogP) is 5.23. The highest BCUT2D eigenvalue weighted by Crippen LogP contribution is 2.34. The van der Waals surface area contributed by atoms with Crippen molar-refractivity contribution < 1.29 is 14.3 Å². The van der Waals surface area contributed by atoms with Crippen LogP contribution in [0.5, 0.6) is 0 Å². The summed E-state index contributed by atoms with van der Waals surface area (Å²) in [5, 5.41) is 7.08. The normalized spacial score (nSPS) is 18.3. The van der Waals surface area contributed by atoms with E-state index in [1.165, 1.54) is 11.1 Å². The first-order chi connectivity index (χ1) is 18.5. The van der Waals surface area contributed by atoms with Gasteiger partial charge in [-0.05, 0) is 59.7 Å². The fourth-order valence-corrected chi connectivity index (χ4v) is 5.09. The largest absolute Gasteiger partial charge is 0.379 e. The highest BCUT2D eigenvalue weighted by molar-refractivity contribution is 6.30. The molecule has 0 unspecified atom stereocenters. The molecule has 4 rings (SSSR count). The molecule has 2 aromatic carbocycles. The molecule has 2 aromatic rings. The van der Waals surface area contributed by atoms with E-state index >= 15 is 0 Å². The lowest BCUT2D eigenvalue weighted by atomic mass is 9.91. The number of benzene rings is 2. The Morgan fingerprint density at radius 3 is 2.38 bits per heavy atom. The van der Waals surface area contributed by atoms with E-state index in [9.17, 15) is 9.59 Å². The Bertz CT molecular complexity index is 1200. The maximum Gasteiger partial charge on any atom is 0.262 e. The van der Waals surface area contributed by atoms with Gasteiger partial charge in [-0.25, -0.2) is 5.01 Å². The van der Waals surface area contributed by atoms with Gasteiger partial charge in [0.2, 0.25) is 5.91 Å². The Labute approximate surface area is 237 Å². The summed E-state index contributed by atoms with van der Waals surface area (Å²) in [4.78, 5) is 31.3. The Morgan fingerprint density at radius 1 is 1.05 bits per heavy atom.